The predicted molar refractivity (Wildman–Crippen MR) is 84.6 cm³/mol. The molecule has 0 amide bonds. The van der Waals surface area contributed by atoms with Crippen LogP contribution in [0.4, 0.5) is 24.5 Å². The first-order valence-electron chi connectivity index (χ1n) is 5.39. The zero-order valence-corrected chi connectivity index (χ0v) is 12.9. The van der Waals surface area contributed by atoms with Crippen LogP contribution in [0.15, 0.2) is 30.3 Å². The van der Waals surface area contributed by atoms with Gasteiger partial charge in [0, 0.05) is 9.13 Å². The van der Waals surface area contributed by atoms with Crippen LogP contribution in [-0.2, 0) is 0 Å². The average Bonchev–Trinajstić information content (AvgIpc) is 2.35. The second kappa shape index (κ2) is 5.96. The first-order chi connectivity index (χ1) is 9.38. The lowest BCUT2D eigenvalue weighted by Crippen LogP contribution is -2.11. The van der Waals surface area contributed by atoms with Crippen molar-refractivity contribution in [1.82, 2.24) is 0 Å². The Labute approximate surface area is 132 Å². The maximum absolute atomic E-state index is 13.9. The molecule has 0 spiro atoms. The second-order valence-electron chi connectivity index (χ2n) is 3.93. The van der Waals surface area contributed by atoms with Gasteiger partial charge in [-0.1, -0.05) is 12.2 Å². The van der Waals surface area contributed by atoms with Crippen LogP contribution in [0.3, 0.4) is 0 Å². The van der Waals surface area contributed by atoms with Crippen molar-refractivity contribution in [2.75, 3.05) is 5.32 Å². The minimum absolute atomic E-state index is 0.0919. The molecule has 0 atom stereocenters. The molecule has 0 aliphatic heterocycles. The van der Waals surface area contributed by atoms with E-state index >= 15 is 0 Å². The first kappa shape index (κ1) is 15.0. The maximum atomic E-state index is 13.9. The van der Waals surface area contributed by atoms with Gasteiger partial charge in [0.25, 0.3) is 0 Å². The van der Waals surface area contributed by atoms with E-state index in [2.05, 4.69) is 17.5 Å². The van der Waals surface area contributed by atoms with Crippen molar-refractivity contribution in [2.45, 2.75) is 0 Å². The van der Waals surface area contributed by atoms with Gasteiger partial charge < -0.3 is 11.1 Å². The zero-order valence-electron chi connectivity index (χ0n) is 9.88. The van der Waals surface area contributed by atoms with Gasteiger partial charge in [0.05, 0.1) is 5.69 Å². The molecular weight excluding hydrogens is 400 g/mol. The minimum atomic E-state index is -0.826. The summed E-state index contributed by atoms with van der Waals surface area (Å²) in [5.41, 5.74) is 5.49. The summed E-state index contributed by atoms with van der Waals surface area (Å²) in [4.78, 5) is -0.0919. The standard InChI is InChI=1S/C13H8F3IN2S/c14-7-1-2-11(10(17)5-7)19-12-8(15)3-6(13(18)20)4-9(12)16/h1-5,19H,(H2,18,20). The molecule has 104 valence electrons. The average molecular weight is 408 g/mol. The van der Waals surface area contributed by atoms with Crippen LogP contribution in [0.1, 0.15) is 5.56 Å². The van der Waals surface area contributed by atoms with E-state index in [1.807, 2.05) is 22.6 Å². The number of nitrogens with one attached hydrogen (secondary N) is 1. The highest BCUT2D eigenvalue weighted by atomic mass is 127. The molecule has 20 heavy (non-hydrogen) atoms. The van der Waals surface area contributed by atoms with Crippen molar-refractivity contribution in [2.24, 2.45) is 5.73 Å². The summed E-state index contributed by atoms with van der Waals surface area (Å²) in [7, 11) is 0. The van der Waals surface area contributed by atoms with Gasteiger partial charge in [-0.15, -0.1) is 0 Å². The van der Waals surface area contributed by atoms with Crippen molar-refractivity contribution in [3.63, 3.8) is 0 Å². The molecule has 7 heteroatoms. The van der Waals surface area contributed by atoms with Crippen LogP contribution in [0, 0.1) is 21.0 Å². The lowest BCUT2D eigenvalue weighted by Gasteiger charge is -2.12. The third-order valence-electron chi connectivity index (χ3n) is 2.52. The van der Waals surface area contributed by atoms with E-state index in [-0.39, 0.29) is 16.2 Å². The van der Waals surface area contributed by atoms with Crippen LogP contribution in [0.25, 0.3) is 0 Å². The predicted octanol–water partition coefficient (Wildman–Crippen LogP) is 4.09. The summed E-state index contributed by atoms with van der Waals surface area (Å²) >= 11 is 6.54. The Kier molecular flexibility index (Phi) is 4.48. The Morgan fingerprint density at radius 1 is 1.10 bits per heavy atom. The Morgan fingerprint density at radius 3 is 2.20 bits per heavy atom. The first-order valence-corrected chi connectivity index (χ1v) is 6.88. The highest BCUT2D eigenvalue weighted by Crippen LogP contribution is 2.28. The van der Waals surface area contributed by atoms with Gasteiger partial charge in [-0.2, -0.15) is 0 Å². The van der Waals surface area contributed by atoms with Crippen molar-refractivity contribution < 1.29 is 13.2 Å². The molecule has 2 aromatic carbocycles. The van der Waals surface area contributed by atoms with Gasteiger partial charge in [0.2, 0.25) is 0 Å². The molecule has 3 N–H and O–H groups in total. The van der Waals surface area contributed by atoms with Crippen LogP contribution in [0.5, 0.6) is 0 Å². The van der Waals surface area contributed by atoms with E-state index in [1.165, 1.54) is 18.2 Å². The topological polar surface area (TPSA) is 38.0 Å². The van der Waals surface area contributed by atoms with Gasteiger partial charge in [0.1, 0.15) is 28.1 Å². The van der Waals surface area contributed by atoms with Crippen LogP contribution >= 0.6 is 34.8 Å². The number of halogens is 4. The van der Waals surface area contributed by atoms with Crippen molar-refractivity contribution in [3.8, 4) is 0 Å². The smallest absolute Gasteiger partial charge is 0.150 e. The number of thiocarbonyl (C=S) groups is 1. The molecule has 0 aromatic heterocycles. The highest BCUT2D eigenvalue weighted by molar-refractivity contribution is 14.1. The number of rotatable bonds is 3. The van der Waals surface area contributed by atoms with Crippen LogP contribution in [-0.4, -0.2) is 4.99 Å². The fourth-order valence-electron chi connectivity index (χ4n) is 1.56. The number of hydrogen-bond donors (Lipinski definition) is 2. The van der Waals surface area contributed by atoms with E-state index in [1.54, 1.807) is 0 Å². The van der Waals surface area contributed by atoms with Crippen molar-refractivity contribution >= 4 is 51.2 Å². The van der Waals surface area contributed by atoms with Gasteiger partial charge in [-0.3, -0.25) is 0 Å². The lowest BCUT2D eigenvalue weighted by molar-refractivity contribution is 0.590. The van der Waals surface area contributed by atoms with Gasteiger partial charge in [0.15, 0.2) is 0 Å². The Balaban J connectivity index is 2.41. The van der Waals surface area contributed by atoms with E-state index < -0.39 is 17.5 Å². The molecule has 2 rings (SSSR count). The van der Waals surface area contributed by atoms with E-state index in [0.717, 1.165) is 12.1 Å². The number of benzene rings is 2. The minimum Gasteiger partial charge on any atom is -0.389 e. The summed E-state index contributed by atoms with van der Waals surface area (Å²) in [6, 6.07) is 5.94. The molecule has 0 bridgehead atoms. The van der Waals surface area contributed by atoms with Crippen LogP contribution < -0.4 is 11.1 Å². The van der Waals surface area contributed by atoms with E-state index in [4.69, 9.17) is 5.73 Å². The maximum Gasteiger partial charge on any atom is 0.150 e. The van der Waals surface area contributed by atoms with Gasteiger partial charge in [-0.25, -0.2) is 13.2 Å². The Bertz CT molecular complexity index is 668. The van der Waals surface area contributed by atoms with Gasteiger partial charge in [-0.05, 0) is 52.9 Å². The summed E-state index contributed by atoms with van der Waals surface area (Å²) in [6.07, 6.45) is 0. The summed E-state index contributed by atoms with van der Waals surface area (Å²) in [5.74, 6) is -2.08. The molecule has 0 heterocycles. The molecule has 2 nitrogen and oxygen atoms in total. The number of hydrogen-bond acceptors (Lipinski definition) is 2. The summed E-state index contributed by atoms with van der Waals surface area (Å²) in [6.45, 7) is 0. The molecule has 0 saturated carbocycles. The molecular formula is C13H8F3IN2S. The van der Waals surface area contributed by atoms with Crippen molar-refractivity contribution in [1.29, 1.82) is 0 Å². The SMILES string of the molecule is NC(=S)c1cc(F)c(Nc2ccc(F)cc2I)c(F)c1. The van der Waals surface area contributed by atoms with Crippen molar-refractivity contribution in [3.05, 3.63) is 56.9 Å². The highest BCUT2D eigenvalue weighted by Gasteiger charge is 2.14. The second-order valence-corrected chi connectivity index (χ2v) is 5.53. The number of anilines is 2. The third kappa shape index (κ3) is 3.21. The molecule has 0 aliphatic carbocycles. The quantitative estimate of drug-likeness (QED) is 0.594. The normalized spacial score (nSPS) is 10.4. The Hall–Kier alpha value is -1.35. The fourth-order valence-corrected chi connectivity index (χ4v) is 2.29. The number of nitrogens with two attached hydrogens (primary N) is 1. The monoisotopic (exact) mass is 408 g/mol. The Morgan fingerprint density at radius 2 is 1.70 bits per heavy atom. The zero-order chi connectivity index (χ0) is 14.9. The van der Waals surface area contributed by atoms with E-state index in [0.29, 0.717) is 9.26 Å². The molecule has 0 unspecified atom stereocenters. The van der Waals surface area contributed by atoms with Crippen LogP contribution in [0.2, 0.25) is 0 Å². The molecule has 0 saturated heterocycles. The molecule has 0 aliphatic rings. The fraction of sp³-hybridized carbons (Fsp3) is 0. The van der Waals surface area contributed by atoms with E-state index in [9.17, 15) is 13.2 Å². The third-order valence-corrected chi connectivity index (χ3v) is 3.65. The largest absolute Gasteiger partial charge is 0.389 e. The lowest BCUT2D eigenvalue weighted by atomic mass is 10.1. The molecule has 0 fully saturated rings. The summed E-state index contributed by atoms with van der Waals surface area (Å²) < 4.78 is 41.2. The van der Waals surface area contributed by atoms with Gasteiger partial charge >= 0.3 is 0 Å². The molecule has 0 radical (unpaired) electrons. The summed E-state index contributed by atoms with van der Waals surface area (Å²) in [5, 5.41) is 2.59. The molecule has 2 aromatic rings.